The zero-order chi connectivity index (χ0) is 15.2. The molecule has 2 amide bonds. The lowest BCUT2D eigenvalue weighted by Crippen LogP contribution is -2.43. The van der Waals surface area contributed by atoms with Crippen molar-refractivity contribution in [3.63, 3.8) is 0 Å². The van der Waals surface area contributed by atoms with E-state index in [1.807, 2.05) is 0 Å². The third-order valence-corrected chi connectivity index (χ3v) is 3.32. The van der Waals surface area contributed by atoms with Gasteiger partial charge in [0.15, 0.2) is 0 Å². The maximum absolute atomic E-state index is 11.8. The molecule has 5 N–H and O–H groups in total. The van der Waals surface area contributed by atoms with E-state index in [2.05, 4.69) is 10.6 Å². The number of amides is 2. The minimum atomic E-state index is -0.666. The van der Waals surface area contributed by atoms with Gasteiger partial charge < -0.3 is 21.5 Å². The van der Waals surface area contributed by atoms with Crippen molar-refractivity contribution in [3.8, 4) is 5.75 Å². The average Bonchev–Trinajstić information content (AvgIpc) is 3.25. The summed E-state index contributed by atoms with van der Waals surface area (Å²) in [5, 5.41) is 14.7. The predicted octanol–water partition coefficient (Wildman–Crippen LogP) is 0.0469. The standard InChI is InChI=1S/C15H21N3O3/c16-13(9-10-1-5-12(19)6-2-10)15(21)17-8-7-14(20)18-11-3-4-11/h1-2,5-6,11,13,19H,3-4,7-9,16H2,(H,17,21)(H,18,20)/t13-/m1/s1. The highest BCUT2D eigenvalue weighted by atomic mass is 16.3. The number of aromatic hydroxyl groups is 1. The SMILES string of the molecule is N[C@H](Cc1ccc(O)cc1)C(=O)NCCC(=O)NC1CC1. The number of hydrogen-bond acceptors (Lipinski definition) is 4. The summed E-state index contributed by atoms with van der Waals surface area (Å²) in [6, 6.07) is 6.24. The Bertz CT molecular complexity index is 497. The molecule has 0 saturated heterocycles. The van der Waals surface area contributed by atoms with E-state index in [-0.39, 0.29) is 24.0 Å². The molecular formula is C15H21N3O3. The first-order valence-corrected chi connectivity index (χ1v) is 7.15. The monoisotopic (exact) mass is 291 g/mol. The second kappa shape index (κ2) is 7.08. The number of phenols is 1. The van der Waals surface area contributed by atoms with Crippen molar-refractivity contribution in [2.45, 2.75) is 37.8 Å². The minimum absolute atomic E-state index is 0.0371. The van der Waals surface area contributed by atoms with E-state index in [1.165, 1.54) is 0 Å². The maximum Gasteiger partial charge on any atom is 0.237 e. The fraction of sp³-hybridized carbons (Fsp3) is 0.467. The number of carbonyl (C=O) groups is 2. The molecule has 1 fully saturated rings. The van der Waals surface area contributed by atoms with Crippen molar-refractivity contribution < 1.29 is 14.7 Å². The van der Waals surface area contributed by atoms with Crippen molar-refractivity contribution in [1.82, 2.24) is 10.6 Å². The lowest BCUT2D eigenvalue weighted by molar-refractivity contribution is -0.123. The van der Waals surface area contributed by atoms with Gasteiger partial charge >= 0.3 is 0 Å². The van der Waals surface area contributed by atoms with E-state index in [0.717, 1.165) is 18.4 Å². The number of rotatable bonds is 7. The molecule has 6 nitrogen and oxygen atoms in total. The molecule has 0 spiro atoms. The van der Waals surface area contributed by atoms with Crippen LogP contribution in [0.2, 0.25) is 0 Å². The summed E-state index contributed by atoms with van der Waals surface area (Å²) >= 11 is 0. The lowest BCUT2D eigenvalue weighted by Gasteiger charge is -2.12. The third kappa shape index (κ3) is 5.43. The summed E-state index contributed by atoms with van der Waals surface area (Å²) < 4.78 is 0. The van der Waals surface area contributed by atoms with E-state index in [9.17, 15) is 14.7 Å². The van der Waals surface area contributed by atoms with Gasteiger partial charge in [0.05, 0.1) is 6.04 Å². The third-order valence-electron chi connectivity index (χ3n) is 3.32. The molecule has 0 aliphatic heterocycles. The average molecular weight is 291 g/mol. The predicted molar refractivity (Wildman–Crippen MR) is 78.6 cm³/mol. The number of hydrogen-bond donors (Lipinski definition) is 4. The topological polar surface area (TPSA) is 104 Å². The molecule has 1 aliphatic carbocycles. The largest absolute Gasteiger partial charge is 0.508 e. The fourth-order valence-corrected chi connectivity index (χ4v) is 1.94. The fourth-order valence-electron chi connectivity index (χ4n) is 1.94. The van der Waals surface area contributed by atoms with Gasteiger partial charge in [-0.15, -0.1) is 0 Å². The van der Waals surface area contributed by atoms with Crippen molar-refractivity contribution in [1.29, 1.82) is 0 Å². The Hall–Kier alpha value is -2.08. The van der Waals surface area contributed by atoms with Crippen molar-refractivity contribution in [3.05, 3.63) is 29.8 Å². The molecule has 1 aromatic carbocycles. The lowest BCUT2D eigenvalue weighted by atomic mass is 10.1. The molecule has 6 heteroatoms. The number of benzene rings is 1. The Morgan fingerprint density at radius 1 is 1.29 bits per heavy atom. The Labute approximate surface area is 123 Å². The highest BCUT2D eigenvalue weighted by Crippen LogP contribution is 2.18. The maximum atomic E-state index is 11.8. The van der Waals surface area contributed by atoms with Crippen molar-refractivity contribution >= 4 is 11.8 Å². The summed E-state index contributed by atoms with van der Waals surface area (Å²) in [7, 11) is 0. The quantitative estimate of drug-likeness (QED) is 0.569. The van der Waals surface area contributed by atoms with E-state index in [0.29, 0.717) is 19.0 Å². The molecule has 2 rings (SSSR count). The summed E-state index contributed by atoms with van der Waals surface area (Å²) in [6.07, 6.45) is 2.76. The smallest absolute Gasteiger partial charge is 0.237 e. The molecule has 0 radical (unpaired) electrons. The first-order chi connectivity index (χ1) is 10.0. The zero-order valence-electron chi connectivity index (χ0n) is 11.8. The van der Waals surface area contributed by atoms with Gasteiger partial charge in [-0.05, 0) is 37.0 Å². The molecule has 1 aromatic rings. The molecule has 0 bridgehead atoms. The van der Waals surface area contributed by atoms with Crippen molar-refractivity contribution in [2.24, 2.45) is 5.73 Å². The second-order valence-electron chi connectivity index (χ2n) is 5.36. The molecule has 1 atom stereocenters. The van der Waals surface area contributed by atoms with Crippen molar-refractivity contribution in [2.75, 3.05) is 6.54 Å². The number of carbonyl (C=O) groups excluding carboxylic acids is 2. The summed E-state index contributed by atoms with van der Waals surface area (Å²) in [4.78, 5) is 23.3. The highest BCUT2D eigenvalue weighted by molar-refractivity contribution is 5.83. The summed E-state index contributed by atoms with van der Waals surface area (Å²) in [5.74, 6) is -0.134. The van der Waals surface area contributed by atoms with Gasteiger partial charge in [0.2, 0.25) is 11.8 Å². The Morgan fingerprint density at radius 2 is 1.95 bits per heavy atom. The second-order valence-corrected chi connectivity index (χ2v) is 5.36. The first kappa shape index (κ1) is 15.3. The van der Waals surface area contributed by atoms with Crippen LogP contribution in [0.25, 0.3) is 0 Å². The van der Waals surface area contributed by atoms with Crippen LogP contribution in [0.15, 0.2) is 24.3 Å². The van der Waals surface area contributed by atoms with Crippen LogP contribution in [0.1, 0.15) is 24.8 Å². The van der Waals surface area contributed by atoms with Crippen LogP contribution in [0, 0.1) is 0 Å². The van der Waals surface area contributed by atoms with Gasteiger partial charge in [-0.3, -0.25) is 9.59 Å². The number of nitrogens with two attached hydrogens (primary N) is 1. The van der Waals surface area contributed by atoms with Gasteiger partial charge in [0.25, 0.3) is 0 Å². The Morgan fingerprint density at radius 3 is 2.57 bits per heavy atom. The van der Waals surface area contributed by atoms with E-state index in [1.54, 1.807) is 24.3 Å². The summed E-state index contributed by atoms with van der Waals surface area (Å²) in [5.41, 5.74) is 6.70. The molecule has 1 saturated carbocycles. The minimum Gasteiger partial charge on any atom is -0.508 e. The summed E-state index contributed by atoms with van der Waals surface area (Å²) in [6.45, 7) is 0.292. The van der Waals surface area contributed by atoms with Gasteiger partial charge in [-0.25, -0.2) is 0 Å². The molecular weight excluding hydrogens is 270 g/mol. The van der Waals surface area contributed by atoms with Crippen LogP contribution in [-0.4, -0.2) is 35.5 Å². The van der Waals surface area contributed by atoms with Crippen LogP contribution in [0.4, 0.5) is 0 Å². The Balaban J connectivity index is 1.66. The molecule has 114 valence electrons. The van der Waals surface area contributed by atoms with Crippen LogP contribution < -0.4 is 16.4 Å². The first-order valence-electron chi connectivity index (χ1n) is 7.15. The molecule has 0 aromatic heterocycles. The Kier molecular flexibility index (Phi) is 5.16. The zero-order valence-corrected chi connectivity index (χ0v) is 11.8. The van der Waals surface area contributed by atoms with Crippen LogP contribution in [0.3, 0.4) is 0 Å². The van der Waals surface area contributed by atoms with Gasteiger partial charge in [0, 0.05) is 19.0 Å². The van der Waals surface area contributed by atoms with E-state index >= 15 is 0 Å². The van der Waals surface area contributed by atoms with Crippen LogP contribution >= 0.6 is 0 Å². The molecule has 0 unspecified atom stereocenters. The normalized spacial score (nSPS) is 15.3. The van der Waals surface area contributed by atoms with Gasteiger partial charge in [0.1, 0.15) is 5.75 Å². The van der Waals surface area contributed by atoms with E-state index in [4.69, 9.17) is 5.73 Å². The van der Waals surface area contributed by atoms with E-state index < -0.39 is 6.04 Å². The number of nitrogens with one attached hydrogen (secondary N) is 2. The molecule has 0 heterocycles. The molecule has 1 aliphatic rings. The molecule has 21 heavy (non-hydrogen) atoms. The van der Waals surface area contributed by atoms with Crippen LogP contribution in [-0.2, 0) is 16.0 Å². The van der Waals surface area contributed by atoms with Gasteiger partial charge in [-0.2, -0.15) is 0 Å². The van der Waals surface area contributed by atoms with Gasteiger partial charge in [-0.1, -0.05) is 12.1 Å². The number of phenolic OH excluding ortho intramolecular Hbond substituents is 1. The highest BCUT2D eigenvalue weighted by Gasteiger charge is 2.23. The van der Waals surface area contributed by atoms with Crippen LogP contribution in [0.5, 0.6) is 5.75 Å².